The Balaban J connectivity index is 2.28. The standard InChI is InChI=1S/C18H23N3O5S/c1-12(2)26-17-9-6-13(11-19-17)18(22)20-15-10-14(7-8-16(15)25-5)27(23,24)21(3)4/h6-12H,1-5H3,(H,20,22). The van der Waals surface area contributed by atoms with Gasteiger partial charge in [-0.05, 0) is 38.1 Å². The van der Waals surface area contributed by atoms with Crippen LogP contribution in [0.1, 0.15) is 24.2 Å². The summed E-state index contributed by atoms with van der Waals surface area (Å²) in [6, 6.07) is 7.44. The van der Waals surface area contributed by atoms with Gasteiger partial charge < -0.3 is 14.8 Å². The maximum Gasteiger partial charge on any atom is 0.257 e. The van der Waals surface area contributed by atoms with Gasteiger partial charge in [-0.25, -0.2) is 17.7 Å². The molecule has 0 fully saturated rings. The number of hydrogen-bond acceptors (Lipinski definition) is 6. The molecule has 0 atom stereocenters. The average molecular weight is 393 g/mol. The Kier molecular flexibility index (Phi) is 6.40. The summed E-state index contributed by atoms with van der Waals surface area (Å²) in [6.45, 7) is 3.76. The van der Waals surface area contributed by atoms with Gasteiger partial charge in [-0.15, -0.1) is 0 Å². The summed E-state index contributed by atoms with van der Waals surface area (Å²) >= 11 is 0. The van der Waals surface area contributed by atoms with Gasteiger partial charge in [0.05, 0.1) is 29.4 Å². The molecule has 146 valence electrons. The second-order valence-corrected chi connectivity index (χ2v) is 8.31. The molecule has 0 saturated heterocycles. The van der Waals surface area contributed by atoms with Crippen LogP contribution in [0.4, 0.5) is 5.69 Å². The molecule has 1 aromatic carbocycles. The number of carbonyl (C=O) groups is 1. The van der Waals surface area contributed by atoms with Crippen LogP contribution < -0.4 is 14.8 Å². The number of amides is 1. The molecule has 0 bridgehead atoms. The number of nitrogens with one attached hydrogen (secondary N) is 1. The number of pyridine rings is 1. The molecule has 27 heavy (non-hydrogen) atoms. The van der Waals surface area contributed by atoms with Crippen molar-refractivity contribution in [1.82, 2.24) is 9.29 Å². The average Bonchev–Trinajstić information content (AvgIpc) is 2.61. The Morgan fingerprint density at radius 3 is 2.41 bits per heavy atom. The number of aromatic nitrogens is 1. The van der Waals surface area contributed by atoms with E-state index in [9.17, 15) is 13.2 Å². The maximum atomic E-state index is 12.5. The van der Waals surface area contributed by atoms with Crippen LogP contribution in [-0.2, 0) is 10.0 Å². The molecule has 9 heteroatoms. The summed E-state index contributed by atoms with van der Waals surface area (Å²) in [4.78, 5) is 16.6. The number of hydrogen-bond donors (Lipinski definition) is 1. The van der Waals surface area contributed by atoms with E-state index in [1.807, 2.05) is 13.8 Å². The van der Waals surface area contributed by atoms with Crippen molar-refractivity contribution in [3.8, 4) is 11.6 Å². The second kappa shape index (κ2) is 8.36. The van der Waals surface area contributed by atoms with E-state index in [0.29, 0.717) is 17.2 Å². The number of carbonyl (C=O) groups excluding carboxylic acids is 1. The zero-order valence-corrected chi connectivity index (χ0v) is 16.7. The number of anilines is 1. The predicted octanol–water partition coefficient (Wildman–Crippen LogP) is 2.38. The first-order valence-electron chi connectivity index (χ1n) is 8.19. The van der Waals surface area contributed by atoms with Gasteiger partial charge in [0.15, 0.2) is 0 Å². The molecule has 0 unspecified atom stereocenters. The van der Waals surface area contributed by atoms with Crippen molar-refractivity contribution in [2.75, 3.05) is 26.5 Å². The minimum absolute atomic E-state index is 0.0252. The van der Waals surface area contributed by atoms with Gasteiger partial charge in [-0.3, -0.25) is 4.79 Å². The van der Waals surface area contributed by atoms with Crippen LogP contribution in [0.5, 0.6) is 11.6 Å². The summed E-state index contributed by atoms with van der Waals surface area (Å²) in [5.41, 5.74) is 0.543. The zero-order chi connectivity index (χ0) is 20.2. The van der Waals surface area contributed by atoms with E-state index in [0.717, 1.165) is 4.31 Å². The van der Waals surface area contributed by atoms with E-state index < -0.39 is 15.9 Å². The SMILES string of the molecule is COc1ccc(S(=O)(=O)N(C)C)cc1NC(=O)c1ccc(OC(C)C)nc1. The lowest BCUT2D eigenvalue weighted by atomic mass is 10.2. The molecule has 0 aliphatic heterocycles. The first-order valence-corrected chi connectivity index (χ1v) is 9.63. The fourth-order valence-electron chi connectivity index (χ4n) is 2.18. The van der Waals surface area contributed by atoms with Crippen LogP contribution in [0.3, 0.4) is 0 Å². The van der Waals surface area contributed by atoms with Crippen LogP contribution in [0.25, 0.3) is 0 Å². The van der Waals surface area contributed by atoms with Crippen LogP contribution in [0, 0.1) is 0 Å². The van der Waals surface area contributed by atoms with Gasteiger partial charge in [-0.1, -0.05) is 0 Å². The summed E-state index contributed by atoms with van der Waals surface area (Å²) in [5, 5.41) is 2.66. The molecule has 0 saturated carbocycles. The molecule has 1 heterocycles. The van der Waals surface area contributed by atoms with Crippen molar-refractivity contribution >= 4 is 21.6 Å². The highest BCUT2D eigenvalue weighted by Crippen LogP contribution is 2.29. The zero-order valence-electron chi connectivity index (χ0n) is 15.9. The number of rotatable bonds is 7. The fraction of sp³-hybridized carbons (Fsp3) is 0.333. The second-order valence-electron chi connectivity index (χ2n) is 6.16. The lowest BCUT2D eigenvalue weighted by Crippen LogP contribution is -2.22. The third kappa shape index (κ3) is 4.95. The van der Waals surface area contributed by atoms with Gasteiger partial charge in [0, 0.05) is 26.4 Å². The summed E-state index contributed by atoms with van der Waals surface area (Å²) < 4.78 is 36.4. The van der Waals surface area contributed by atoms with Gasteiger partial charge in [0.25, 0.3) is 5.91 Å². The molecule has 1 N–H and O–H groups in total. The molecule has 2 aromatic rings. The Morgan fingerprint density at radius 2 is 1.89 bits per heavy atom. The topological polar surface area (TPSA) is 97.8 Å². The molecular formula is C18H23N3O5S. The van der Waals surface area contributed by atoms with Crippen molar-refractivity contribution in [1.29, 1.82) is 0 Å². The quantitative estimate of drug-likeness (QED) is 0.776. The number of methoxy groups -OCH3 is 1. The van der Waals surface area contributed by atoms with Crippen molar-refractivity contribution in [2.24, 2.45) is 0 Å². The van der Waals surface area contributed by atoms with E-state index in [-0.39, 0.29) is 16.7 Å². The smallest absolute Gasteiger partial charge is 0.257 e. The maximum absolute atomic E-state index is 12.5. The van der Waals surface area contributed by atoms with Gasteiger partial charge in [0.1, 0.15) is 5.75 Å². The molecule has 0 aliphatic rings. The molecule has 1 amide bonds. The van der Waals surface area contributed by atoms with Crippen LogP contribution in [0.15, 0.2) is 41.4 Å². The van der Waals surface area contributed by atoms with Crippen LogP contribution in [0.2, 0.25) is 0 Å². The van der Waals surface area contributed by atoms with Gasteiger partial charge in [0.2, 0.25) is 15.9 Å². The molecule has 0 aliphatic carbocycles. The largest absolute Gasteiger partial charge is 0.495 e. The monoisotopic (exact) mass is 393 g/mol. The van der Waals surface area contributed by atoms with Gasteiger partial charge in [-0.2, -0.15) is 0 Å². The Morgan fingerprint density at radius 1 is 1.19 bits per heavy atom. The van der Waals surface area contributed by atoms with Crippen molar-refractivity contribution in [2.45, 2.75) is 24.8 Å². The van der Waals surface area contributed by atoms with Gasteiger partial charge >= 0.3 is 0 Å². The molecule has 8 nitrogen and oxygen atoms in total. The lowest BCUT2D eigenvalue weighted by Gasteiger charge is -2.15. The molecule has 0 radical (unpaired) electrons. The predicted molar refractivity (Wildman–Crippen MR) is 102 cm³/mol. The molecule has 2 rings (SSSR count). The fourth-order valence-corrected chi connectivity index (χ4v) is 3.10. The number of sulfonamides is 1. The highest BCUT2D eigenvalue weighted by Gasteiger charge is 2.20. The van der Waals surface area contributed by atoms with E-state index in [2.05, 4.69) is 10.3 Å². The first kappa shape index (κ1) is 20.7. The third-order valence-corrected chi connectivity index (χ3v) is 5.36. The molecule has 1 aromatic heterocycles. The van der Waals surface area contributed by atoms with Crippen LogP contribution >= 0.6 is 0 Å². The van der Waals surface area contributed by atoms with Crippen molar-refractivity contribution < 1.29 is 22.7 Å². The van der Waals surface area contributed by atoms with Crippen molar-refractivity contribution in [3.05, 3.63) is 42.1 Å². The molecular weight excluding hydrogens is 370 g/mol. The summed E-state index contributed by atoms with van der Waals surface area (Å²) in [7, 11) is 0.660. The summed E-state index contributed by atoms with van der Waals surface area (Å²) in [6.07, 6.45) is 1.36. The van der Waals surface area contributed by atoms with Crippen molar-refractivity contribution in [3.63, 3.8) is 0 Å². The highest BCUT2D eigenvalue weighted by molar-refractivity contribution is 7.89. The van der Waals surface area contributed by atoms with E-state index in [1.165, 1.54) is 45.6 Å². The minimum atomic E-state index is -3.64. The molecule has 0 spiro atoms. The Labute approximate surface area is 159 Å². The Hall–Kier alpha value is -2.65. The van der Waals surface area contributed by atoms with E-state index >= 15 is 0 Å². The normalized spacial score (nSPS) is 11.5. The third-order valence-electron chi connectivity index (χ3n) is 3.55. The Bertz CT molecular complexity index is 909. The number of benzene rings is 1. The van der Waals surface area contributed by atoms with E-state index in [1.54, 1.807) is 12.1 Å². The van der Waals surface area contributed by atoms with E-state index in [4.69, 9.17) is 9.47 Å². The first-order chi connectivity index (χ1) is 12.6. The summed E-state index contributed by atoms with van der Waals surface area (Å²) in [5.74, 6) is 0.309. The number of ether oxygens (including phenoxy) is 2. The van der Waals surface area contributed by atoms with Crippen LogP contribution in [-0.4, -0.2) is 50.9 Å². The minimum Gasteiger partial charge on any atom is -0.495 e. The number of nitrogens with zero attached hydrogens (tertiary/aromatic N) is 2. The highest BCUT2D eigenvalue weighted by atomic mass is 32.2. The lowest BCUT2D eigenvalue weighted by molar-refractivity contribution is 0.102.